The third-order valence-corrected chi connectivity index (χ3v) is 23.6. The van der Waals surface area contributed by atoms with Crippen molar-refractivity contribution in [2.75, 3.05) is 114 Å². The number of amides is 3. The number of fused-ring (bicyclic) bond motifs is 4. The van der Waals surface area contributed by atoms with E-state index in [1.165, 1.54) is 31.7 Å². The third-order valence-electron chi connectivity index (χ3n) is 23.6. The fraction of sp³-hybridized carbons (Fsp3) is 0.563. The molecule has 9 heterocycles. The van der Waals surface area contributed by atoms with E-state index < -0.39 is 89.5 Å². The maximum absolute atomic E-state index is 14.7. The van der Waals surface area contributed by atoms with Gasteiger partial charge in [-0.1, -0.05) is 62.4 Å². The minimum Gasteiger partial charge on any atom is -0.508 e. The monoisotopic (exact) mass is 1700 g/mol. The third kappa shape index (κ3) is 25.1. The van der Waals surface area contributed by atoms with Gasteiger partial charge in [0, 0.05) is 151 Å². The van der Waals surface area contributed by atoms with Gasteiger partial charge >= 0.3 is 5.97 Å². The standard InChI is InChI=1S/C87H119N19O17/c1-52-16-9-8-10-17-53(2)70(118-6)44-62-18-15-25-87(117,123-62)79(113)83(115)105-29-14-11-19-68(105)84(116)122-71(45-69(108)54(3)39-56(5)77(111)78(112)76(110)55(4)38-52)63(88)40-57-20-23-67(72(41-57)119-7)106-50-66(101-102-106)59-46-94-85(95-47-59)103-30-32-104(33-31-103)86-96-48-60(49-97-86)82(114)93-28-35-121-37-36-120-34-24-73(109)91-26-12-13-27-92-81-74(80(90)98-51-99-81)75(89)65-43-58-42-61(107)21-22-64(58)100-65/h8-10,16-17,21-22,39,42-43,46-52,54-55,57,62-63,67-68,70-72,77-78,89,100,107,111-112,117H,11-15,18-20,23-38,40-41,44-45,88H2,1-7H3,(H,91,109)(H,93,114)(H3,90,92,98,99)/b10-8?,16-9+,53-17?,56-39+,89-75?/t52-,54-,55-,57+,62+,63-,67?,68+,70+,71+,72-,77-,78+,87-/m1/s1. The number of rotatable bonds is 27. The first kappa shape index (κ1) is 93.0. The number of benzene rings is 1. The highest BCUT2D eigenvalue weighted by molar-refractivity contribution is 6.39. The zero-order chi connectivity index (χ0) is 87.9. The zero-order valence-corrected chi connectivity index (χ0v) is 71.2. The van der Waals surface area contributed by atoms with Crippen LogP contribution in [0.25, 0.3) is 22.2 Å². The van der Waals surface area contributed by atoms with Crippen molar-refractivity contribution in [3.8, 4) is 17.0 Å². The molecule has 123 heavy (non-hydrogen) atoms. The zero-order valence-electron chi connectivity index (χ0n) is 71.2. The predicted molar refractivity (Wildman–Crippen MR) is 457 cm³/mol. The van der Waals surface area contributed by atoms with E-state index in [1.54, 1.807) is 69.4 Å². The maximum Gasteiger partial charge on any atom is 0.329 e. The molecule has 4 aliphatic heterocycles. The number of aromatic hydroxyl groups is 1. The molecular weight excluding hydrogens is 1580 g/mol. The molecular formula is C87H119N19O17. The number of cyclic esters (lactones) is 1. The number of phenolic OH excluding ortho intramolecular Hbond substituents is 1. The molecule has 3 saturated heterocycles. The summed E-state index contributed by atoms with van der Waals surface area (Å²) in [5.41, 5.74) is 17.5. The number of piperidine rings is 1. The van der Waals surface area contributed by atoms with E-state index in [4.69, 9.17) is 55.3 Å². The summed E-state index contributed by atoms with van der Waals surface area (Å²) in [5, 5.41) is 71.9. The minimum atomic E-state index is -2.47. The van der Waals surface area contributed by atoms with E-state index in [0.29, 0.717) is 149 Å². The van der Waals surface area contributed by atoms with Gasteiger partial charge in [-0.05, 0) is 138 Å². The number of ketones is 3. The maximum atomic E-state index is 14.7. The number of piperazine rings is 1. The molecule has 36 nitrogen and oxygen atoms in total. The molecule has 5 aliphatic rings. The van der Waals surface area contributed by atoms with Crippen molar-refractivity contribution in [3.05, 3.63) is 126 Å². The predicted octanol–water partition coefficient (Wildman–Crippen LogP) is 6.15. The van der Waals surface area contributed by atoms with Crippen molar-refractivity contribution in [2.24, 2.45) is 29.4 Å². The summed E-state index contributed by atoms with van der Waals surface area (Å²) in [6, 6.07) is 4.22. The largest absolute Gasteiger partial charge is 0.508 e. The van der Waals surface area contributed by atoms with Gasteiger partial charge in [0.1, 0.15) is 59.5 Å². The highest BCUT2D eigenvalue weighted by Gasteiger charge is 2.50. The number of phenols is 1. The fourth-order valence-corrected chi connectivity index (χ4v) is 16.4. The normalized spacial score (nSPS) is 26.2. The van der Waals surface area contributed by atoms with Gasteiger partial charge in [-0.25, -0.2) is 39.4 Å². The van der Waals surface area contributed by atoms with Crippen LogP contribution in [0.2, 0.25) is 0 Å². The Balaban J connectivity index is 0.608. The van der Waals surface area contributed by atoms with E-state index in [1.807, 2.05) is 55.3 Å². The molecule has 13 N–H and O–H groups in total. The van der Waals surface area contributed by atoms with Gasteiger partial charge in [-0.15, -0.1) is 5.10 Å². The number of H-pyrrole nitrogens is 1. The second kappa shape index (κ2) is 44.6. The Hall–Kier alpha value is -10.7. The average molecular weight is 1700 g/mol. The lowest BCUT2D eigenvalue weighted by molar-refractivity contribution is -0.245. The molecule has 664 valence electrons. The number of nitrogen functional groups attached to an aromatic ring is 1. The van der Waals surface area contributed by atoms with Crippen LogP contribution in [0, 0.1) is 29.1 Å². The molecule has 1 aliphatic carbocycles. The van der Waals surface area contributed by atoms with Crippen LogP contribution in [-0.2, 0) is 57.2 Å². The van der Waals surface area contributed by atoms with Gasteiger partial charge in [-0.3, -0.25) is 34.2 Å². The number of allylic oxidation sites excluding steroid dienone is 6. The number of aliphatic hydroxyl groups is 3. The summed E-state index contributed by atoms with van der Waals surface area (Å²) in [6.45, 7) is 13.2. The van der Waals surface area contributed by atoms with E-state index in [0.717, 1.165) is 21.4 Å². The van der Waals surface area contributed by atoms with Crippen LogP contribution in [0.1, 0.15) is 165 Å². The van der Waals surface area contributed by atoms with Gasteiger partial charge in [-0.2, -0.15) is 0 Å². The van der Waals surface area contributed by atoms with Gasteiger partial charge < -0.3 is 95.9 Å². The van der Waals surface area contributed by atoms with Crippen molar-refractivity contribution in [1.29, 1.82) is 5.41 Å². The molecule has 1 unspecified atom stereocenters. The quantitative estimate of drug-likeness (QED) is 0.00904. The Kier molecular flexibility index (Phi) is 33.7. The number of carbonyl (C=O) groups excluding carboxylic acids is 7. The van der Waals surface area contributed by atoms with Crippen LogP contribution in [0.5, 0.6) is 5.75 Å². The Bertz CT molecular complexity index is 4720. The van der Waals surface area contributed by atoms with E-state index >= 15 is 0 Å². The molecule has 1 aromatic carbocycles. The summed E-state index contributed by atoms with van der Waals surface area (Å²) in [4.78, 5) is 132. The number of Topliss-reactive ketones (excluding diaryl/α,β-unsaturated/α-hetero) is 3. The number of nitrogens with two attached hydrogens (primary N) is 2. The van der Waals surface area contributed by atoms with Crippen molar-refractivity contribution in [2.45, 2.75) is 198 Å². The molecule has 1 saturated carbocycles. The van der Waals surface area contributed by atoms with Gasteiger partial charge in [0.05, 0.1) is 79.5 Å². The van der Waals surface area contributed by atoms with Crippen LogP contribution >= 0.6 is 0 Å². The number of ether oxygens (including phenoxy) is 6. The highest BCUT2D eigenvalue weighted by atomic mass is 16.6. The van der Waals surface area contributed by atoms with E-state index in [-0.39, 0.29) is 137 Å². The minimum absolute atomic E-state index is 0.0110. The summed E-state index contributed by atoms with van der Waals surface area (Å²) in [6.07, 6.45) is 19.9. The first-order valence-electron chi connectivity index (χ1n) is 42.6. The Morgan fingerprint density at radius 3 is 2.24 bits per heavy atom. The molecule has 6 aromatic rings. The summed E-state index contributed by atoms with van der Waals surface area (Å²) in [5.74, 6) is -7.12. The lowest BCUT2D eigenvalue weighted by atomic mass is 9.79. The van der Waals surface area contributed by atoms with Crippen LogP contribution in [0.15, 0.2) is 109 Å². The second-order valence-electron chi connectivity index (χ2n) is 32.7. The topological polar surface area (TPSA) is 501 Å². The molecule has 0 spiro atoms. The molecule has 2 bridgehead atoms. The Labute approximate surface area is 715 Å². The van der Waals surface area contributed by atoms with Crippen molar-refractivity contribution >= 4 is 81.2 Å². The number of hydrogen-bond donors (Lipinski definition) is 11. The van der Waals surface area contributed by atoms with Crippen LogP contribution < -0.4 is 37.2 Å². The number of aromatic nitrogens is 10. The second-order valence-corrected chi connectivity index (χ2v) is 32.7. The molecule has 11 rings (SSSR count). The SMILES string of the molecule is CO[C@H]1C[C@@H]2CCC[C@@](O)(O2)C(=O)C(=O)N2CCCC[C@H]2C(=O)O[C@H]([C@H](N)C[C@@H]2CCC(n3cc(-c4cnc(N5CCN(c6ncc(C(=O)NCCOCCOCCC(=O)NCCCCNc7ncnc(N)c7C(=N)c7cc8cc(O)ccc8[nH]7)cn6)CC5)nc4)nn3)[C@H](OC)C2)CC(=O)[C@H](C)/C=C(\C)[C@@H](O)[C@@H](O)C(=O)[C@H](C)C[C@H](C)/C=C/C=CC=C1C. The van der Waals surface area contributed by atoms with Crippen LogP contribution in [-0.4, -0.2) is 269 Å². The smallest absolute Gasteiger partial charge is 0.329 e. The average Bonchev–Trinajstić information content (AvgIpc) is 1.79. The molecule has 4 fully saturated rings. The number of aliphatic hydroxyl groups excluding tert-OH is 2. The van der Waals surface area contributed by atoms with Gasteiger partial charge in [0.25, 0.3) is 17.6 Å². The number of unbranched alkanes of at least 4 members (excludes halogenated alkanes) is 1. The van der Waals surface area contributed by atoms with Crippen molar-refractivity contribution < 1.29 is 82.4 Å². The van der Waals surface area contributed by atoms with E-state index in [2.05, 4.69) is 56.1 Å². The Morgan fingerprint density at radius 2 is 1.50 bits per heavy atom. The highest BCUT2D eigenvalue weighted by Crippen LogP contribution is 2.39. The first-order valence-corrected chi connectivity index (χ1v) is 42.6. The van der Waals surface area contributed by atoms with Crippen LogP contribution in [0.3, 0.4) is 0 Å². The number of esters is 1. The number of anilines is 4. The molecule has 14 atom stereocenters. The number of nitrogens with one attached hydrogen (secondary N) is 5. The summed E-state index contributed by atoms with van der Waals surface area (Å²) < 4.78 is 37.4. The van der Waals surface area contributed by atoms with Gasteiger partial charge in [0.2, 0.25) is 23.6 Å². The fourth-order valence-electron chi connectivity index (χ4n) is 16.4. The number of nitrogens with zero attached hydrogens (tertiary/aromatic N) is 12. The number of methoxy groups -OCH3 is 2. The van der Waals surface area contributed by atoms with E-state index in [9.17, 15) is 54.0 Å². The number of aromatic amines is 1. The number of hydrogen-bond acceptors (Lipinski definition) is 31. The van der Waals surface area contributed by atoms with Crippen molar-refractivity contribution in [1.82, 2.24) is 65.4 Å². The molecule has 0 radical (unpaired) electrons. The first-order chi connectivity index (χ1) is 59.2. The van der Waals surface area contributed by atoms with Crippen LogP contribution in [0.4, 0.5) is 23.5 Å². The Morgan fingerprint density at radius 1 is 0.780 bits per heavy atom. The molecule has 36 heteroatoms. The summed E-state index contributed by atoms with van der Waals surface area (Å²) in [7, 11) is 3.17. The molecule has 3 amide bonds. The molecule has 5 aromatic heterocycles. The lowest BCUT2D eigenvalue weighted by Crippen LogP contribution is -2.58. The summed E-state index contributed by atoms with van der Waals surface area (Å²) >= 11 is 0. The van der Waals surface area contributed by atoms with Crippen molar-refractivity contribution in [3.63, 3.8) is 0 Å². The number of carbonyl (C=O) groups is 7. The van der Waals surface area contributed by atoms with Gasteiger partial charge in [0.15, 0.2) is 5.78 Å². The lowest BCUT2D eigenvalue weighted by Gasteiger charge is -2.40.